The highest BCUT2D eigenvalue weighted by Gasteiger charge is 2.32. The molecule has 17 heteroatoms. The van der Waals surface area contributed by atoms with Crippen LogP contribution in [0.3, 0.4) is 0 Å². The maximum absolute atomic E-state index is 13.1. The van der Waals surface area contributed by atoms with Gasteiger partial charge in [-0.25, -0.2) is 14.8 Å². The number of imidazole rings is 2. The van der Waals surface area contributed by atoms with E-state index in [1.807, 2.05) is 5.32 Å². The topological polar surface area (TPSA) is 288 Å². The van der Waals surface area contributed by atoms with Crippen LogP contribution in [0.5, 0.6) is 0 Å². The third-order valence-electron chi connectivity index (χ3n) is 4.97. The van der Waals surface area contributed by atoms with Crippen LogP contribution >= 0.6 is 0 Å². The van der Waals surface area contributed by atoms with Gasteiger partial charge in [-0.2, -0.15) is 0 Å². The SMILES string of the molecule is NC(=O)CC(NC(=O)C(Cc1cnc[nH]1)NC(=O)C(N)Cc1cnc[nH]1)C(=O)NC(CC(=O)O)C(=O)O. The molecule has 2 aromatic heterocycles. The molecule has 0 radical (unpaired) electrons. The summed E-state index contributed by atoms with van der Waals surface area (Å²) in [5, 5.41) is 24.7. The van der Waals surface area contributed by atoms with Crippen molar-refractivity contribution < 1.29 is 39.0 Å². The van der Waals surface area contributed by atoms with Crippen LogP contribution in [0.15, 0.2) is 25.0 Å². The Morgan fingerprint density at radius 1 is 0.784 bits per heavy atom. The summed E-state index contributed by atoms with van der Waals surface area (Å²) in [5.74, 6) is -6.96. The fourth-order valence-electron chi connectivity index (χ4n) is 3.16. The van der Waals surface area contributed by atoms with E-state index >= 15 is 0 Å². The van der Waals surface area contributed by atoms with E-state index in [2.05, 4.69) is 30.6 Å². The number of aromatic nitrogens is 4. The molecule has 0 aliphatic rings. The molecule has 2 heterocycles. The van der Waals surface area contributed by atoms with E-state index in [0.717, 1.165) is 0 Å². The third kappa shape index (κ3) is 9.40. The standard InChI is InChI=1S/C20H27N9O8/c21-11(1-9-5-23-7-25-9)17(33)27-12(2-10-6-24-8-26-10)18(34)28-13(3-15(22)30)19(35)29-14(20(36)37)4-16(31)32/h5-8,11-14H,1-4,21H2,(H2,22,30)(H,23,25)(H,24,26)(H,27,33)(H,28,34)(H,29,35)(H,31,32)(H,36,37). The lowest BCUT2D eigenvalue weighted by Gasteiger charge is -2.24. The fraction of sp³-hybridized carbons (Fsp3) is 0.400. The second-order valence-electron chi connectivity index (χ2n) is 7.96. The summed E-state index contributed by atoms with van der Waals surface area (Å²) in [6.07, 6.45) is 3.90. The van der Waals surface area contributed by atoms with Crippen molar-refractivity contribution in [2.45, 2.75) is 49.9 Å². The number of aliphatic carboxylic acids is 2. The smallest absolute Gasteiger partial charge is 0.326 e. The molecule has 4 unspecified atom stereocenters. The summed E-state index contributed by atoms with van der Waals surface area (Å²) in [6, 6.07) is -5.88. The number of amides is 4. The van der Waals surface area contributed by atoms with Crippen molar-refractivity contribution in [2.75, 3.05) is 0 Å². The van der Waals surface area contributed by atoms with Gasteiger partial charge in [0.1, 0.15) is 18.1 Å². The number of rotatable bonds is 15. The van der Waals surface area contributed by atoms with Gasteiger partial charge in [0.15, 0.2) is 0 Å². The minimum absolute atomic E-state index is 0.0804. The highest BCUT2D eigenvalue weighted by atomic mass is 16.4. The molecule has 0 spiro atoms. The van der Waals surface area contributed by atoms with E-state index < -0.39 is 72.6 Å². The van der Waals surface area contributed by atoms with Gasteiger partial charge in [-0.1, -0.05) is 0 Å². The molecule has 2 rings (SSSR count). The first-order valence-corrected chi connectivity index (χ1v) is 10.8. The maximum atomic E-state index is 13.1. The fourth-order valence-corrected chi connectivity index (χ4v) is 3.16. The molecule has 4 amide bonds. The van der Waals surface area contributed by atoms with E-state index in [1.165, 1.54) is 25.0 Å². The summed E-state index contributed by atoms with van der Waals surface area (Å²) in [5.41, 5.74) is 12.1. The van der Waals surface area contributed by atoms with Gasteiger partial charge in [0, 0.05) is 36.6 Å². The first-order chi connectivity index (χ1) is 17.5. The minimum Gasteiger partial charge on any atom is -0.481 e. The van der Waals surface area contributed by atoms with Crippen LogP contribution in [-0.2, 0) is 41.6 Å². The molecule has 0 fully saturated rings. The molecule has 37 heavy (non-hydrogen) atoms. The van der Waals surface area contributed by atoms with Crippen LogP contribution in [-0.4, -0.2) is 89.9 Å². The first kappa shape index (κ1) is 28.4. The van der Waals surface area contributed by atoms with Crippen molar-refractivity contribution in [1.82, 2.24) is 35.9 Å². The van der Waals surface area contributed by atoms with Crippen LogP contribution in [0, 0.1) is 0 Å². The Morgan fingerprint density at radius 2 is 1.30 bits per heavy atom. The number of carboxylic acid groups (broad SMARTS) is 2. The van der Waals surface area contributed by atoms with E-state index in [0.29, 0.717) is 11.4 Å². The highest BCUT2D eigenvalue weighted by Crippen LogP contribution is 2.04. The molecule has 11 N–H and O–H groups in total. The van der Waals surface area contributed by atoms with Gasteiger partial charge in [0.25, 0.3) is 0 Å². The summed E-state index contributed by atoms with van der Waals surface area (Å²) >= 11 is 0. The Kier molecular flexibility index (Phi) is 10.2. The van der Waals surface area contributed by atoms with E-state index in [4.69, 9.17) is 21.7 Å². The highest BCUT2D eigenvalue weighted by molar-refractivity contribution is 5.96. The van der Waals surface area contributed by atoms with Crippen LogP contribution < -0.4 is 27.4 Å². The molecule has 200 valence electrons. The quantitative estimate of drug-likeness (QED) is 0.109. The van der Waals surface area contributed by atoms with Crippen LogP contribution in [0.1, 0.15) is 24.2 Å². The Labute approximate surface area is 208 Å². The minimum atomic E-state index is -1.83. The number of carbonyl (C=O) groups is 6. The maximum Gasteiger partial charge on any atom is 0.326 e. The van der Waals surface area contributed by atoms with Crippen LogP contribution in [0.2, 0.25) is 0 Å². The van der Waals surface area contributed by atoms with Crippen LogP contribution in [0.4, 0.5) is 0 Å². The average Bonchev–Trinajstić information content (AvgIpc) is 3.51. The molecule has 0 saturated carbocycles. The number of primary amides is 1. The number of nitrogens with one attached hydrogen (secondary N) is 5. The van der Waals surface area contributed by atoms with Gasteiger partial charge < -0.3 is 47.6 Å². The number of carboxylic acids is 2. The molecule has 0 aromatic carbocycles. The predicted octanol–water partition coefficient (Wildman–Crippen LogP) is -3.87. The zero-order valence-electron chi connectivity index (χ0n) is 19.3. The van der Waals surface area contributed by atoms with Crippen molar-refractivity contribution in [1.29, 1.82) is 0 Å². The van der Waals surface area contributed by atoms with Gasteiger partial charge >= 0.3 is 11.9 Å². The molecule has 0 saturated heterocycles. The Balaban J connectivity index is 2.17. The number of hydrogen-bond donors (Lipinski definition) is 9. The Hall–Kier alpha value is -4.80. The first-order valence-electron chi connectivity index (χ1n) is 10.8. The summed E-state index contributed by atoms with van der Waals surface area (Å²) in [6.45, 7) is 0. The van der Waals surface area contributed by atoms with E-state index in [-0.39, 0.29) is 12.8 Å². The van der Waals surface area contributed by atoms with Crippen LogP contribution in [0.25, 0.3) is 0 Å². The predicted molar refractivity (Wildman–Crippen MR) is 122 cm³/mol. The number of aromatic amines is 2. The number of nitrogens with two attached hydrogens (primary N) is 2. The molecular formula is C20H27N9O8. The van der Waals surface area contributed by atoms with Gasteiger partial charge in [-0.3, -0.25) is 24.0 Å². The van der Waals surface area contributed by atoms with Gasteiger partial charge in [-0.15, -0.1) is 0 Å². The Bertz CT molecular complexity index is 1100. The monoisotopic (exact) mass is 521 g/mol. The van der Waals surface area contributed by atoms with Crippen molar-refractivity contribution in [3.63, 3.8) is 0 Å². The van der Waals surface area contributed by atoms with Gasteiger partial charge in [-0.05, 0) is 0 Å². The molecule has 0 aliphatic carbocycles. The van der Waals surface area contributed by atoms with Gasteiger partial charge in [0.2, 0.25) is 23.6 Å². The number of carbonyl (C=O) groups excluding carboxylic acids is 4. The number of hydrogen-bond acceptors (Lipinski definition) is 9. The zero-order chi connectivity index (χ0) is 27.5. The Morgan fingerprint density at radius 3 is 1.78 bits per heavy atom. The summed E-state index contributed by atoms with van der Waals surface area (Å²) in [4.78, 5) is 85.3. The largest absolute Gasteiger partial charge is 0.481 e. The molecule has 17 nitrogen and oxygen atoms in total. The summed E-state index contributed by atoms with van der Waals surface area (Å²) < 4.78 is 0. The lowest BCUT2D eigenvalue weighted by Crippen LogP contribution is -2.58. The second-order valence-corrected chi connectivity index (χ2v) is 7.96. The molecule has 0 bridgehead atoms. The molecule has 0 aliphatic heterocycles. The molecular weight excluding hydrogens is 494 g/mol. The lowest BCUT2D eigenvalue weighted by molar-refractivity contribution is -0.147. The van der Waals surface area contributed by atoms with Crippen molar-refractivity contribution in [3.8, 4) is 0 Å². The third-order valence-corrected chi connectivity index (χ3v) is 4.97. The van der Waals surface area contributed by atoms with Crippen molar-refractivity contribution in [2.24, 2.45) is 11.5 Å². The average molecular weight is 521 g/mol. The molecule has 4 atom stereocenters. The summed E-state index contributed by atoms with van der Waals surface area (Å²) in [7, 11) is 0. The lowest BCUT2D eigenvalue weighted by atomic mass is 10.1. The number of nitrogens with zero attached hydrogens (tertiary/aromatic N) is 2. The normalized spacial score (nSPS) is 14.0. The second kappa shape index (κ2) is 13.3. The van der Waals surface area contributed by atoms with Gasteiger partial charge in [0.05, 0.1) is 31.5 Å². The van der Waals surface area contributed by atoms with Crippen molar-refractivity contribution >= 4 is 35.6 Å². The zero-order valence-corrected chi connectivity index (χ0v) is 19.3. The van der Waals surface area contributed by atoms with E-state index in [9.17, 15) is 28.8 Å². The van der Waals surface area contributed by atoms with E-state index in [1.54, 1.807) is 0 Å². The molecule has 2 aromatic rings. The number of H-pyrrole nitrogens is 2. The van der Waals surface area contributed by atoms with Crippen molar-refractivity contribution in [3.05, 3.63) is 36.4 Å².